The molecule has 1 aromatic carbocycles. The molecule has 1 amide bonds. The van der Waals surface area contributed by atoms with E-state index in [1.54, 1.807) is 18.2 Å². The molecule has 9 heteroatoms. The smallest absolute Gasteiger partial charge is 0.265 e. The number of nitrogens with zero attached hydrogens (tertiary/aromatic N) is 6. The van der Waals surface area contributed by atoms with Crippen LogP contribution in [0, 0.1) is 29.6 Å². The largest absolute Gasteiger partial charge is 0.338 e. The number of imidazole rings is 1. The fourth-order valence-electron chi connectivity index (χ4n) is 3.97. The van der Waals surface area contributed by atoms with Gasteiger partial charge in [0, 0.05) is 18.8 Å². The number of carbonyl (C=O) groups is 1. The third-order valence-electron chi connectivity index (χ3n) is 5.63. The van der Waals surface area contributed by atoms with E-state index in [-0.39, 0.29) is 11.6 Å². The normalized spacial score (nSPS) is 14.3. The van der Waals surface area contributed by atoms with E-state index in [4.69, 9.17) is 10.5 Å². The van der Waals surface area contributed by atoms with Crippen molar-refractivity contribution in [2.75, 3.05) is 12.5 Å². The monoisotopic (exact) mass is 419 g/mol. The first-order chi connectivity index (χ1) is 14.5. The minimum absolute atomic E-state index is 0.0506. The maximum Gasteiger partial charge on any atom is 0.265 e. The van der Waals surface area contributed by atoms with Crippen molar-refractivity contribution in [1.82, 2.24) is 14.3 Å². The van der Waals surface area contributed by atoms with Gasteiger partial charge < -0.3 is 4.90 Å². The van der Waals surface area contributed by atoms with Crippen LogP contribution in [0.3, 0.4) is 0 Å². The van der Waals surface area contributed by atoms with Gasteiger partial charge in [0.05, 0.1) is 16.7 Å². The number of hydrogen-bond donors (Lipinski definition) is 1. The molecular formula is C21H21N7OS. The molecule has 1 aliphatic rings. The Morgan fingerprint density at radius 3 is 2.73 bits per heavy atom. The highest BCUT2D eigenvalue weighted by Gasteiger charge is 2.27. The molecule has 3 aromatic rings. The van der Waals surface area contributed by atoms with Crippen molar-refractivity contribution >= 4 is 44.6 Å². The molecule has 1 aliphatic carbocycles. The molecule has 0 atom stereocenters. The zero-order chi connectivity index (χ0) is 21.3. The number of nitrogens with one attached hydrogen (secondary N) is 1. The molecule has 8 nitrogen and oxygen atoms in total. The summed E-state index contributed by atoms with van der Waals surface area (Å²) in [5.41, 5.74) is 5.62. The van der Waals surface area contributed by atoms with Crippen LogP contribution < -0.4 is 5.43 Å². The van der Waals surface area contributed by atoms with Crippen molar-refractivity contribution in [2.24, 2.45) is 5.10 Å². The van der Waals surface area contributed by atoms with E-state index in [1.807, 2.05) is 35.4 Å². The molecule has 0 bridgehead atoms. The van der Waals surface area contributed by atoms with Crippen LogP contribution >= 0.6 is 11.3 Å². The molecule has 0 unspecified atom stereocenters. The lowest BCUT2D eigenvalue weighted by Crippen LogP contribution is -2.38. The maximum atomic E-state index is 13.2. The summed E-state index contributed by atoms with van der Waals surface area (Å²) < 4.78 is 1.98. The van der Waals surface area contributed by atoms with Gasteiger partial charge in [-0.2, -0.15) is 15.6 Å². The number of thiazole rings is 1. The number of nitriles is 2. The Morgan fingerprint density at radius 1 is 1.30 bits per heavy atom. The summed E-state index contributed by atoms with van der Waals surface area (Å²) in [6.45, 7) is 1.94. The van der Waals surface area contributed by atoms with Crippen LogP contribution in [0.5, 0.6) is 0 Å². The molecular weight excluding hydrogens is 398 g/mol. The molecule has 1 saturated carbocycles. The van der Waals surface area contributed by atoms with Crippen LogP contribution in [0.25, 0.3) is 16.0 Å². The lowest BCUT2D eigenvalue weighted by molar-refractivity contribution is 0.0700. The molecule has 0 aliphatic heterocycles. The standard InChI is InChI=1S/C21H21N7OS/c1-13-19(20(29)27(2)16-6-4-3-5-7-16)30-21-24-17-9-8-14(10-18(17)28(13)21)25-26-15(11-22)12-23/h8-10,16,25H,3-7H2,1-2H3. The van der Waals surface area contributed by atoms with Gasteiger partial charge in [-0.05, 0) is 38.0 Å². The van der Waals surface area contributed by atoms with E-state index in [2.05, 4.69) is 15.5 Å². The van der Waals surface area contributed by atoms with Crippen molar-refractivity contribution in [3.05, 3.63) is 28.8 Å². The van der Waals surface area contributed by atoms with Crippen LogP contribution in [0.15, 0.2) is 23.3 Å². The summed E-state index contributed by atoms with van der Waals surface area (Å²) in [5.74, 6) is 0.0506. The average molecular weight is 420 g/mol. The third kappa shape index (κ3) is 3.49. The van der Waals surface area contributed by atoms with E-state index in [9.17, 15) is 4.79 Å². The zero-order valence-corrected chi connectivity index (χ0v) is 17.7. The van der Waals surface area contributed by atoms with Crippen LogP contribution in [-0.2, 0) is 0 Å². The van der Waals surface area contributed by atoms with E-state index >= 15 is 0 Å². The van der Waals surface area contributed by atoms with Crippen molar-refractivity contribution in [2.45, 2.75) is 45.1 Å². The van der Waals surface area contributed by atoms with Crippen LogP contribution in [0.2, 0.25) is 0 Å². The Bertz CT molecular complexity index is 1220. The first kappa shape index (κ1) is 19.9. The molecule has 4 rings (SSSR count). The predicted octanol–water partition coefficient (Wildman–Crippen LogP) is 4.08. The summed E-state index contributed by atoms with van der Waals surface area (Å²) >= 11 is 1.41. The second-order valence-electron chi connectivity index (χ2n) is 7.45. The van der Waals surface area contributed by atoms with Gasteiger partial charge >= 0.3 is 0 Å². The van der Waals surface area contributed by atoms with Crippen molar-refractivity contribution in [3.8, 4) is 12.1 Å². The molecule has 30 heavy (non-hydrogen) atoms. The molecule has 0 saturated heterocycles. The van der Waals surface area contributed by atoms with E-state index in [0.29, 0.717) is 16.6 Å². The van der Waals surface area contributed by atoms with Gasteiger partial charge in [-0.15, -0.1) is 0 Å². The second kappa shape index (κ2) is 8.13. The Hall–Kier alpha value is -3.43. The average Bonchev–Trinajstić information content (AvgIpc) is 3.30. The molecule has 0 spiro atoms. The Labute approximate surface area is 178 Å². The van der Waals surface area contributed by atoms with Gasteiger partial charge in [0.15, 0.2) is 4.96 Å². The van der Waals surface area contributed by atoms with Gasteiger partial charge in [0.25, 0.3) is 5.91 Å². The number of hydrogen-bond acceptors (Lipinski definition) is 7. The first-order valence-corrected chi connectivity index (χ1v) is 10.7. The molecule has 152 valence electrons. The number of aryl methyl sites for hydroxylation is 1. The number of aromatic nitrogens is 2. The lowest BCUT2D eigenvalue weighted by atomic mass is 9.94. The number of benzene rings is 1. The van der Waals surface area contributed by atoms with Crippen LogP contribution in [0.4, 0.5) is 5.69 Å². The lowest BCUT2D eigenvalue weighted by Gasteiger charge is -2.31. The summed E-state index contributed by atoms with van der Waals surface area (Å²) in [5, 5.41) is 21.4. The molecule has 2 aromatic heterocycles. The van der Waals surface area contributed by atoms with Gasteiger partial charge in [-0.25, -0.2) is 4.98 Å². The highest BCUT2D eigenvalue weighted by atomic mass is 32.1. The van der Waals surface area contributed by atoms with E-state index in [0.717, 1.165) is 34.5 Å². The quantitative estimate of drug-likeness (QED) is 0.506. The topological polar surface area (TPSA) is 110 Å². The highest BCUT2D eigenvalue weighted by Crippen LogP contribution is 2.31. The fourth-order valence-corrected chi connectivity index (χ4v) is 5.09. The third-order valence-corrected chi connectivity index (χ3v) is 6.76. The number of hydrazone groups is 1. The Kier molecular flexibility index (Phi) is 5.39. The Balaban J connectivity index is 1.69. The highest BCUT2D eigenvalue weighted by molar-refractivity contribution is 7.19. The minimum Gasteiger partial charge on any atom is -0.338 e. The van der Waals surface area contributed by atoms with Crippen molar-refractivity contribution < 1.29 is 4.79 Å². The zero-order valence-electron chi connectivity index (χ0n) is 16.8. The SMILES string of the molecule is Cc1c(C(=O)N(C)C2CCCCC2)sc2nc3ccc(NN=C(C#N)C#N)cc3n12. The maximum absolute atomic E-state index is 13.2. The number of amides is 1. The van der Waals surface area contributed by atoms with E-state index < -0.39 is 0 Å². The summed E-state index contributed by atoms with van der Waals surface area (Å²) in [4.78, 5) is 21.2. The van der Waals surface area contributed by atoms with Gasteiger partial charge in [-0.3, -0.25) is 14.6 Å². The number of anilines is 1. The minimum atomic E-state index is -0.251. The van der Waals surface area contributed by atoms with Crippen LogP contribution in [0.1, 0.15) is 47.5 Å². The van der Waals surface area contributed by atoms with Gasteiger partial charge in [0.1, 0.15) is 17.0 Å². The predicted molar refractivity (Wildman–Crippen MR) is 117 cm³/mol. The first-order valence-electron chi connectivity index (χ1n) is 9.86. The Morgan fingerprint density at radius 2 is 2.03 bits per heavy atom. The number of carbonyl (C=O) groups excluding carboxylic acids is 1. The molecule has 2 heterocycles. The number of rotatable bonds is 4. The second-order valence-corrected chi connectivity index (χ2v) is 8.43. The van der Waals surface area contributed by atoms with Gasteiger partial charge in [0.2, 0.25) is 5.71 Å². The van der Waals surface area contributed by atoms with E-state index in [1.165, 1.54) is 30.6 Å². The summed E-state index contributed by atoms with van der Waals surface area (Å²) in [6.07, 6.45) is 5.74. The van der Waals surface area contributed by atoms with Crippen LogP contribution in [-0.4, -0.2) is 39.0 Å². The molecule has 1 N–H and O–H groups in total. The fraction of sp³-hybridized carbons (Fsp3) is 0.381. The van der Waals surface area contributed by atoms with Crippen molar-refractivity contribution in [1.29, 1.82) is 10.5 Å². The molecule has 0 radical (unpaired) electrons. The van der Waals surface area contributed by atoms with Gasteiger partial charge in [-0.1, -0.05) is 30.6 Å². The number of fused-ring (bicyclic) bond motifs is 3. The summed E-state index contributed by atoms with van der Waals surface area (Å²) in [6, 6.07) is 9.22. The molecule has 1 fully saturated rings. The summed E-state index contributed by atoms with van der Waals surface area (Å²) in [7, 11) is 1.90. The van der Waals surface area contributed by atoms with Crippen molar-refractivity contribution in [3.63, 3.8) is 0 Å².